The zero-order chi connectivity index (χ0) is 11.0. The molecule has 2 N–H and O–H groups in total. The number of hydrogen-bond donors (Lipinski definition) is 2. The van der Waals surface area contributed by atoms with Crippen molar-refractivity contribution >= 4 is 11.7 Å². The Labute approximate surface area is 84.7 Å². The fourth-order valence-electron chi connectivity index (χ4n) is 1.65. The highest BCUT2D eigenvalue weighted by molar-refractivity contribution is 5.81. The number of anilines is 1. The van der Waals surface area contributed by atoms with Crippen LogP contribution in [0.1, 0.15) is 17.6 Å². The van der Waals surface area contributed by atoms with Crippen molar-refractivity contribution in [1.82, 2.24) is 0 Å². The standard InChI is InChI=1S/C10H9F2NO2/c11-9(12)6-2-1-5-3-8(10(14)15)13-7(5)4-6/h1-2,4,8-9,13H,3H2,(H,14,15). The molecule has 1 aromatic carbocycles. The first-order valence-corrected chi connectivity index (χ1v) is 4.48. The molecule has 0 bridgehead atoms. The Kier molecular flexibility index (Phi) is 2.30. The highest BCUT2D eigenvalue weighted by atomic mass is 19.3. The molecule has 3 nitrogen and oxygen atoms in total. The first-order chi connectivity index (χ1) is 7.08. The van der Waals surface area contributed by atoms with Crippen LogP contribution in [0, 0.1) is 0 Å². The van der Waals surface area contributed by atoms with Crippen molar-refractivity contribution in [2.75, 3.05) is 5.32 Å². The van der Waals surface area contributed by atoms with Crippen LogP contribution < -0.4 is 5.32 Å². The number of hydrogen-bond acceptors (Lipinski definition) is 2. The smallest absolute Gasteiger partial charge is 0.326 e. The number of benzene rings is 1. The van der Waals surface area contributed by atoms with E-state index in [9.17, 15) is 13.6 Å². The van der Waals surface area contributed by atoms with E-state index >= 15 is 0 Å². The molecule has 0 aliphatic carbocycles. The summed E-state index contributed by atoms with van der Waals surface area (Å²) in [5.41, 5.74) is 1.18. The van der Waals surface area contributed by atoms with Gasteiger partial charge in [0.2, 0.25) is 0 Å². The van der Waals surface area contributed by atoms with Crippen LogP contribution in [0.3, 0.4) is 0 Å². The predicted octanol–water partition coefficient (Wildman–Crippen LogP) is 2.05. The molecule has 1 unspecified atom stereocenters. The Morgan fingerprint density at radius 3 is 2.87 bits per heavy atom. The van der Waals surface area contributed by atoms with E-state index < -0.39 is 18.4 Å². The fraction of sp³-hybridized carbons (Fsp3) is 0.300. The van der Waals surface area contributed by atoms with E-state index in [0.29, 0.717) is 12.1 Å². The first kappa shape index (κ1) is 9.89. The molecule has 0 aromatic heterocycles. The summed E-state index contributed by atoms with van der Waals surface area (Å²) in [6.07, 6.45) is -2.19. The van der Waals surface area contributed by atoms with Gasteiger partial charge in [-0.15, -0.1) is 0 Å². The van der Waals surface area contributed by atoms with Crippen LogP contribution in [-0.4, -0.2) is 17.1 Å². The van der Waals surface area contributed by atoms with Crippen LogP contribution in [0.2, 0.25) is 0 Å². The molecule has 1 aliphatic rings. The fourth-order valence-corrected chi connectivity index (χ4v) is 1.65. The number of fused-ring (bicyclic) bond motifs is 1. The van der Waals surface area contributed by atoms with Crippen molar-refractivity contribution in [3.05, 3.63) is 29.3 Å². The van der Waals surface area contributed by atoms with Gasteiger partial charge in [0.1, 0.15) is 6.04 Å². The number of carbonyl (C=O) groups is 1. The van der Waals surface area contributed by atoms with Gasteiger partial charge in [0.25, 0.3) is 6.43 Å². The molecule has 5 heteroatoms. The summed E-state index contributed by atoms with van der Waals surface area (Å²) in [7, 11) is 0. The molecule has 1 aliphatic heterocycles. The number of halogens is 2. The second kappa shape index (κ2) is 3.49. The molecule has 15 heavy (non-hydrogen) atoms. The molecule has 1 aromatic rings. The Morgan fingerprint density at radius 1 is 1.53 bits per heavy atom. The third-order valence-corrected chi connectivity index (χ3v) is 2.44. The van der Waals surface area contributed by atoms with Crippen molar-refractivity contribution in [2.24, 2.45) is 0 Å². The first-order valence-electron chi connectivity index (χ1n) is 4.48. The van der Waals surface area contributed by atoms with Crippen LogP contribution in [0.5, 0.6) is 0 Å². The summed E-state index contributed by atoms with van der Waals surface area (Å²) in [4.78, 5) is 10.7. The molecule has 0 saturated heterocycles. The Bertz CT molecular complexity index is 406. The molecular weight excluding hydrogens is 204 g/mol. The van der Waals surface area contributed by atoms with Crippen LogP contribution in [-0.2, 0) is 11.2 Å². The zero-order valence-corrected chi connectivity index (χ0v) is 7.71. The summed E-state index contributed by atoms with van der Waals surface area (Å²) in [5.74, 6) is -0.968. The van der Waals surface area contributed by atoms with Gasteiger partial charge in [0.05, 0.1) is 0 Å². The van der Waals surface area contributed by atoms with E-state index in [4.69, 9.17) is 5.11 Å². The van der Waals surface area contributed by atoms with Gasteiger partial charge >= 0.3 is 5.97 Å². The Hall–Kier alpha value is -1.65. The van der Waals surface area contributed by atoms with Gasteiger partial charge in [-0.1, -0.05) is 12.1 Å². The average molecular weight is 213 g/mol. The van der Waals surface area contributed by atoms with Crippen LogP contribution >= 0.6 is 0 Å². The van der Waals surface area contributed by atoms with Gasteiger partial charge in [-0.05, 0) is 11.6 Å². The lowest BCUT2D eigenvalue weighted by Gasteiger charge is -2.05. The van der Waals surface area contributed by atoms with Gasteiger partial charge in [0, 0.05) is 17.7 Å². The molecule has 0 radical (unpaired) electrons. The minimum atomic E-state index is -2.53. The summed E-state index contributed by atoms with van der Waals surface area (Å²) in [5, 5.41) is 11.4. The number of alkyl halides is 2. The summed E-state index contributed by atoms with van der Waals surface area (Å²) >= 11 is 0. The molecule has 0 saturated carbocycles. The highest BCUT2D eigenvalue weighted by Gasteiger charge is 2.26. The SMILES string of the molecule is O=C(O)C1Cc2ccc(C(F)F)cc2N1. The quantitative estimate of drug-likeness (QED) is 0.790. The topological polar surface area (TPSA) is 49.3 Å². The van der Waals surface area contributed by atoms with Gasteiger partial charge in [-0.3, -0.25) is 0 Å². The maximum atomic E-state index is 12.3. The van der Waals surface area contributed by atoms with Crippen molar-refractivity contribution in [1.29, 1.82) is 0 Å². The normalized spacial score (nSPS) is 18.7. The molecule has 80 valence electrons. The lowest BCUT2D eigenvalue weighted by molar-refractivity contribution is -0.137. The maximum absolute atomic E-state index is 12.3. The summed E-state index contributed by atoms with van der Waals surface area (Å²) in [6, 6.07) is 3.48. The molecule has 0 fully saturated rings. The van der Waals surface area contributed by atoms with Gasteiger partial charge < -0.3 is 10.4 Å². The molecular formula is C10H9F2NO2. The average Bonchev–Trinajstić information content (AvgIpc) is 2.59. The number of aliphatic carboxylic acids is 1. The summed E-state index contributed by atoms with van der Waals surface area (Å²) in [6.45, 7) is 0. The van der Waals surface area contributed by atoms with E-state index in [0.717, 1.165) is 5.56 Å². The third-order valence-electron chi connectivity index (χ3n) is 2.44. The largest absolute Gasteiger partial charge is 0.480 e. The Morgan fingerprint density at radius 2 is 2.27 bits per heavy atom. The highest BCUT2D eigenvalue weighted by Crippen LogP contribution is 2.30. The zero-order valence-electron chi connectivity index (χ0n) is 7.71. The van der Waals surface area contributed by atoms with Crippen molar-refractivity contribution in [3.63, 3.8) is 0 Å². The van der Waals surface area contributed by atoms with Crippen LogP contribution in [0.15, 0.2) is 18.2 Å². The molecule has 1 atom stereocenters. The van der Waals surface area contributed by atoms with Crippen molar-refractivity contribution in [2.45, 2.75) is 18.9 Å². The van der Waals surface area contributed by atoms with Crippen molar-refractivity contribution in [3.8, 4) is 0 Å². The third kappa shape index (κ3) is 1.77. The van der Waals surface area contributed by atoms with E-state index in [1.54, 1.807) is 6.07 Å². The van der Waals surface area contributed by atoms with Crippen LogP contribution in [0.4, 0.5) is 14.5 Å². The number of rotatable bonds is 2. The number of nitrogens with one attached hydrogen (secondary N) is 1. The maximum Gasteiger partial charge on any atom is 0.326 e. The molecule has 0 spiro atoms. The second-order valence-electron chi connectivity index (χ2n) is 3.46. The van der Waals surface area contributed by atoms with Gasteiger partial charge in [-0.25, -0.2) is 13.6 Å². The van der Waals surface area contributed by atoms with Gasteiger partial charge in [0.15, 0.2) is 0 Å². The second-order valence-corrected chi connectivity index (χ2v) is 3.46. The molecule has 2 rings (SSSR count). The van der Waals surface area contributed by atoms with E-state index in [1.165, 1.54) is 12.1 Å². The minimum Gasteiger partial charge on any atom is -0.480 e. The van der Waals surface area contributed by atoms with E-state index in [2.05, 4.69) is 5.32 Å². The molecule has 0 amide bonds. The predicted molar refractivity (Wildman–Crippen MR) is 50.1 cm³/mol. The lowest BCUT2D eigenvalue weighted by atomic mass is 10.1. The minimum absolute atomic E-state index is 0.0905. The van der Waals surface area contributed by atoms with E-state index in [-0.39, 0.29) is 5.56 Å². The van der Waals surface area contributed by atoms with Crippen LogP contribution in [0.25, 0.3) is 0 Å². The number of carboxylic acid groups (broad SMARTS) is 1. The molecule has 1 heterocycles. The van der Waals surface area contributed by atoms with Crippen molar-refractivity contribution < 1.29 is 18.7 Å². The lowest BCUT2D eigenvalue weighted by Crippen LogP contribution is -2.26. The number of carboxylic acids is 1. The van der Waals surface area contributed by atoms with E-state index in [1.807, 2.05) is 0 Å². The summed E-state index contributed by atoms with van der Waals surface area (Å²) < 4.78 is 24.7. The monoisotopic (exact) mass is 213 g/mol. The Balaban J connectivity index is 2.27. The van der Waals surface area contributed by atoms with Gasteiger partial charge in [-0.2, -0.15) is 0 Å².